The summed E-state index contributed by atoms with van der Waals surface area (Å²) in [6, 6.07) is 26.7. The van der Waals surface area contributed by atoms with Crippen molar-refractivity contribution in [3.8, 4) is 0 Å². The summed E-state index contributed by atoms with van der Waals surface area (Å²) in [6.07, 6.45) is 3.60. The van der Waals surface area contributed by atoms with Crippen LogP contribution in [0.3, 0.4) is 0 Å². The molecule has 0 bridgehead atoms. The summed E-state index contributed by atoms with van der Waals surface area (Å²) in [5.74, 6) is -0.152. The second-order valence-corrected chi connectivity index (χ2v) is 10.6. The van der Waals surface area contributed by atoms with Crippen LogP contribution in [0.25, 0.3) is 10.8 Å². The number of piperidine rings is 1. The Hall–Kier alpha value is -3.04. The predicted octanol–water partition coefficient (Wildman–Crippen LogP) is 3.73. The van der Waals surface area contributed by atoms with Gasteiger partial charge in [-0.05, 0) is 42.1 Å². The maximum atomic E-state index is 12.6. The summed E-state index contributed by atoms with van der Waals surface area (Å²) in [5.41, 5.74) is 1.27. The van der Waals surface area contributed by atoms with Crippen molar-refractivity contribution < 1.29 is 17.9 Å². The molecule has 1 atom stereocenters. The molecule has 8 heteroatoms. The number of nitrogens with one attached hydrogen (secondary N) is 1. The van der Waals surface area contributed by atoms with Gasteiger partial charge in [-0.2, -0.15) is 8.42 Å². The smallest absolute Gasteiger partial charge is 0.249 e. The van der Waals surface area contributed by atoms with Crippen LogP contribution in [0.1, 0.15) is 31.2 Å². The average molecular weight is 536 g/mol. The van der Waals surface area contributed by atoms with E-state index in [0.717, 1.165) is 51.9 Å². The number of fused-ring (bicyclic) bond motifs is 1. The third kappa shape index (κ3) is 8.49. The van der Waals surface area contributed by atoms with E-state index in [9.17, 15) is 13.2 Å². The van der Waals surface area contributed by atoms with E-state index in [1.165, 1.54) is 16.3 Å². The number of carbonyl (C=O) groups is 1. The second kappa shape index (κ2) is 14.8. The third-order valence-corrected chi connectivity index (χ3v) is 7.68. The number of rotatable bonds is 5. The number of ether oxygens (including phenoxy) is 1. The Morgan fingerprint density at radius 1 is 0.816 bits per heavy atom. The summed E-state index contributed by atoms with van der Waals surface area (Å²) in [7, 11) is -2.45. The molecule has 0 spiro atoms. The number of benzene rings is 3. The standard InChI is InChI=1S/C20H29N3O4S.C10H8/c24-19(16-27-20(28(25)26)18-9-4-5-10-21-18)23-12-6-11-22(13-14-23)15-17-7-2-1-3-8-17;1-2-6-10-8-4-3-7-9(10)5-1/h1-3,7-8,18,21H,4-6,9-16H2;1-8H. The normalized spacial score (nSPS) is 18.2. The van der Waals surface area contributed by atoms with Crippen LogP contribution in [0.4, 0.5) is 0 Å². The Morgan fingerprint density at radius 2 is 1.47 bits per heavy atom. The van der Waals surface area contributed by atoms with Gasteiger partial charge >= 0.3 is 0 Å². The molecule has 1 amide bonds. The lowest BCUT2D eigenvalue weighted by Crippen LogP contribution is -2.44. The molecule has 1 N–H and O–H groups in total. The molecule has 0 aliphatic carbocycles. The lowest BCUT2D eigenvalue weighted by atomic mass is 10.1. The quantitative estimate of drug-likeness (QED) is 0.502. The molecule has 38 heavy (non-hydrogen) atoms. The van der Waals surface area contributed by atoms with Gasteiger partial charge in [0.15, 0.2) is 5.05 Å². The first-order valence-corrected chi connectivity index (χ1v) is 14.5. The van der Waals surface area contributed by atoms with Crippen LogP contribution in [-0.2, 0) is 26.4 Å². The van der Waals surface area contributed by atoms with Gasteiger partial charge in [0.05, 0.1) is 6.04 Å². The Kier molecular flexibility index (Phi) is 10.9. The number of nitrogens with zero attached hydrogens (tertiary/aromatic N) is 2. The molecule has 3 aromatic rings. The summed E-state index contributed by atoms with van der Waals surface area (Å²) >= 11 is 0. The highest BCUT2D eigenvalue weighted by Crippen LogP contribution is 2.12. The van der Waals surface area contributed by atoms with E-state index in [1.807, 2.05) is 18.2 Å². The zero-order valence-electron chi connectivity index (χ0n) is 21.8. The molecule has 0 radical (unpaired) electrons. The molecule has 0 saturated carbocycles. The van der Waals surface area contributed by atoms with E-state index in [2.05, 4.69) is 70.9 Å². The summed E-state index contributed by atoms with van der Waals surface area (Å²) < 4.78 is 28.5. The zero-order valence-corrected chi connectivity index (χ0v) is 22.6. The molecule has 2 aliphatic heterocycles. The minimum Gasteiger partial charge on any atom is -0.339 e. The van der Waals surface area contributed by atoms with Crippen molar-refractivity contribution in [2.75, 3.05) is 39.3 Å². The van der Waals surface area contributed by atoms with Gasteiger partial charge < -0.3 is 15.0 Å². The van der Waals surface area contributed by atoms with Gasteiger partial charge in [0.25, 0.3) is 0 Å². The Labute approximate surface area is 226 Å². The SMILES string of the molecule is O=C(COC(C1CCCCN1)=S(=O)=O)N1CCCN(Cc2ccccc2)CC1.c1ccc2ccccc2c1. The van der Waals surface area contributed by atoms with E-state index >= 15 is 0 Å². The molecule has 2 fully saturated rings. The first-order chi connectivity index (χ1) is 18.6. The number of amides is 1. The first-order valence-electron chi connectivity index (χ1n) is 13.4. The fraction of sp³-hybridized carbons (Fsp3) is 0.400. The van der Waals surface area contributed by atoms with E-state index in [-0.39, 0.29) is 23.6 Å². The van der Waals surface area contributed by atoms with Gasteiger partial charge in [-0.1, -0.05) is 85.3 Å². The van der Waals surface area contributed by atoms with Gasteiger partial charge in [0.2, 0.25) is 16.2 Å². The molecule has 2 aliphatic rings. The van der Waals surface area contributed by atoms with Crippen LogP contribution in [0.5, 0.6) is 0 Å². The Bertz CT molecular complexity index is 1230. The lowest BCUT2D eigenvalue weighted by molar-refractivity contribution is -0.133. The molecule has 1 unspecified atom stereocenters. The molecule has 202 valence electrons. The average Bonchev–Trinajstić information content (AvgIpc) is 3.20. The summed E-state index contributed by atoms with van der Waals surface area (Å²) in [5, 5.41) is 5.74. The van der Waals surface area contributed by atoms with Crippen LogP contribution in [-0.4, -0.2) is 74.5 Å². The summed E-state index contributed by atoms with van der Waals surface area (Å²) in [6.45, 7) is 4.46. The maximum absolute atomic E-state index is 12.6. The lowest BCUT2D eigenvalue weighted by Gasteiger charge is -2.24. The van der Waals surface area contributed by atoms with Gasteiger partial charge in [-0.25, -0.2) is 0 Å². The molecular formula is C30H37N3O4S. The van der Waals surface area contributed by atoms with E-state index in [0.29, 0.717) is 13.1 Å². The maximum Gasteiger partial charge on any atom is 0.249 e. The van der Waals surface area contributed by atoms with E-state index < -0.39 is 10.3 Å². The van der Waals surface area contributed by atoms with E-state index in [4.69, 9.17) is 4.74 Å². The fourth-order valence-electron chi connectivity index (χ4n) is 4.89. The van der Waals surface area contributed by atoms with Crippen molar-refractivity contribution >= 4 is 32.0 Å². The van der Waals surface area contributed by atoms with Crippen LogP contribution < -0.4 is 5.32 Å². The van der Waals surface area contributed by atoms with Crippen LogP contribution in [0.15, 0.2) is 78.9 Å². The highest BCUT2D eigenvalue weighted by atomic mass is 32.2. The molecule has 7 nitrogen and oxygen atoms in total. The minimum atomic E-state index is -2.45. The molecule has 2 heterocycles. The molecular weight excluding hydrogens is 498 g/mol. The Balaban J connectivity index is 0.000000278. The predicted molar refractivity (Wildman–Crippen MR) is 152 cm³/mol. The molecule has 0 aromatic heterocycles. The van der Waals surface area contributed by atoms with Crippen molar-refractivity contribution in [1.82, 2.24) is 15.1 Å². The Morgan fingerprint density at radius 3 is 2.08 bits per heavy atom. The summed E-state index contributed by atoms with van der Waals surface area (Å²) in [4.78, 5) is 16.7. The minimum absolute atomic E-state index is 0.0337. The topological polar surface area (TPSA) is 78.9 Å². The highest BCUT2D eigenvalue weighted by Gasteiger charge is 2.24. The monoisotopic (exact) mass is 535 g/mol. The van der Waals surface area contributed by atoms with Crippen molar-refractivity contribution in [1.29, 1.82) is 0 Å². The van der Waals surface area contributed by atoms with E-state index in [1.54, 1.807) is 4.90 Å². The first kappa shape index (κ1) is 28.0. The second-order valence-electron chi connectivity index (χ2n) is 9.69. The van der Waals surface area contributed by atoms with Gasteiger partial charge in [0.1, 0.15) is 6.61 Å². The zero-order chi connectivity index (χ0) is 26.6. The molecule has 3 aromatic carbocycles. The van der Waals surface area contributed by atoms with Crippen molar-refractivity contribution in [3.63, 3.8) is 0 Å². The highest BCUT2D eigenvalue weighted by molar-refractivity contribution is 7.72. The van der Waals surface area contributed by atoms with Crippen LogP contribution in [0, 0.1) is 0 Å². The third-order valence-electron chi connectivity index (χ3n) is 6.95. The molecule has 5 rings (SSSR count). The number of hydrogen-bond acceptors (Lipinski definition) is 6. The van der Waals surface area contributed by atoms with Crippen molar-refractivity contribution in [2.24, 2.45) is 0 Å². The number of carbonyl (C=O) groups excluding carboxylic acids is 1. The van der Waals surface area contributed by atoms with Gasteiger partial charge in [-0.15, -0.1) is 0 Å². The van der Waals surface area contributed by atoms with Crippen LogP contribution >= 0.6 is 0 Å². The van der Waals surface area contributed by atoms with Gasteiger partial charge in [-0.3, -0.25) is 9.69 Å². The van der Waals surface area contributed by atoms with Crippen molar-refractivity contribution in [2.45, 2.75) is 38.3 Å². The van der Waals surface area contributed by atoms with Crippen molar-refractivity contribution in [3.05, 3.63) is 84.4 Å². The largest absolute Gasteiger partial charge is 0.339 e. The van der Waals surface area contributed by atoms with Crippen LogP contribution in [0.2, 0.25) is 0 Å². The number of hydrogen-bond donors (Lipinski definition) is 1. The fourth-order valence-corrected chi connectivity index (χ4v) is 5.48. The van der Waals surface area contributed by atoms with Gasteiger partial charge in [0, 0.05) is 32.7 Å². The molecule has 2 saturated heterocycles.